The molecule has 0 radical (unpaired) electrons. The van der Waals surface area contributed by atoms with E-state index in [1.54, 1.807) is 36.4 Å². The van der Waals surface area contributed by atoms with Crippen molar-refractivity contribution in [3.05, 3.63) is 125 Å². The molecule has 46 heavy (non-hydrogen) atoms. The number of carbonyl (C=O) groups is 2. The van der Waals surface area contributed by atoms with Gasteiger partial charge in [-0.2, -0.15) is 0 Å². The molecule has 2 amide bonds. The third-order valence-corrected chi connectivity index (χ3v) is 9.28. The van der Waals surface area contributed by atoms with E-state index in [1.807, 2.05) is 89.2 Å². The second-order valence-corrected chi connectivity index (χ2v) is 14.3. The predicted octanol–water partition coefficient (Wildman–Crippen LogP) is 6.06. The minimum atomic E-state index is -4.19. The monoisotopic (exact) mass is 641 g/mol. The summed E-state index contributed by atoms with van der Waals surface area (Å²) in [6, 6.07) is 29.3. The molecule has 4 aromatic carbocycles. The summed E-state index contributed by atoms with van der Waals surface area (Å²) in [5, 5.41) is 3.05. The molecule has 0 aliphatic rings. The highest BCUT2D eigenvalue weighted by molar-refractivity contribution is 7.92. The molecule has 0 spiro atoms. The summed E-state index contributed by atoms with van der Waals surface area (Å²) >= 11 is 0. The fourth-order valence-electron chi connectivity index (χ4n) is 5.01. The Morgan fingerprint density at radius 3 is 1.89 bits per heavy atom. The van der Waals surface area contributed by atoms with Crippen molar-refractivity contribution in [3.8, 4) is 5.75 Å². The number of anilines is 1. The van der Waals surface area contributed by atoms with Gasteiger partial charge in [0.1, 0.15) is 18.3 Å². The van der Waals surface area contributed by atoms with E-state index in [1.165, 1.54) is 24.1 Å². The van der Waals surface area contributed by atoms with Crippen molar-refractivity contribution in [2.24, 2.45) is 0 Å². The molecule has 1 unspecified atom stereocenters. The van der Waals surface area contributed by atoms with Gasteiger partial charge in [0.2, 0.25) is 11.8 Å². The zero-order valence-corrected chi connectivity index (χ0v) is 28.2. The minimum absolute atomic E-state index is 0.0538. The zero-order valence-electron chi connectivity index (χ0n) is 27.4. The Hall–Kier alpha value is -4.63. The van der Waals surface area contributed by atoms with E-state index in [-0.39, 0.29) is 23.8 Å². The van der Waals surface area contributed by atoms with Gasteiger partial charge in [-0.05, 0) is 82.1 Å². The first-order valence-corrected chi connectivity index (χ1v) is 16.7. The Balaban J connectivity index is 1.81. The van der Waals surface area contributed by atoms with Crippen LogP contribution in [0.2, 0.25) is 0 Å². The molecule has 0 bridgehead atoms. The highest BCUT2D eigenvalue weighted by Gasteiger charge is 2.35. The molecule has 0 saturated carbocycles. The van der Waals surface area contributed by atoms with Crippen LogP contribution in [0.3, 0.4) is 0 Å². The average Bonchev–Trinajstić information content (AvgIpc) is 3.02. The Morgan fingerprint density at radius 1 is 0.783 bits per heavy atom. The Bertz CT molecular complexity index is 1720. The van der Waals surface area contributed by atoms with Crippen molar-refractivity contribution in [2.75, 3.05) is 18.0 Å². The largest absolute Gasteiger partial charge is 0.497 e. The molecular formula is C37H43N3O5S. The lowest BCUT2D eigenvalue weighted by Crippen LogP contribution is -2.56. The molecule has 1 atom stereocenters. The van der Waals surface area contributed by atoms with Crippen LogP contribution in [0.4, 0.5) is 5.69 Å². The minimum Gasteiger partial charge on any atom is -0.497 e. The molecule has 9 heteroatoms. The number of ether oxygens (including phenoxy) is 1. The van der Waals surface area contributed by atoms with Crippen LogP contribution in [0.1, 0.15) is 43.0 Å². The van der Waals surface area contributed by atoms with Crippen LogP contribution in [0.25, 0.3) is 0 Å². The number of nitrogens with zero attached hydrogens (tertiary/aromatic N) is 2. The van der Waals surface area contributed by atoms with Crippen LogP contribution in [0, 0.1) is 13.8 Å². The van der Waals surface area contributed by atoms with Crippen LogP contribution in [-0.2, 0) is 32.6 Å². The standard InChI is InChI=1S/C37H43N3O5S/c1-27-12-16-30(17-13-27)25-39(34(36(42)38-37(3,4)5)24-29-10-8-7-9-11-29)35(41)26-40(31-18-20-32(45-6)21-19-31)46(43,44)33-22-14-28(2)15-23-33/h7-23,34H,24-26H2,1-6H3,(H,38,42). The lowest BCUT2D eigenvalue weighted by molar-refractivity contribution is -0.140. The third kappa shape index (κ3) is 8.97. The summed E-state index contributed by atoms with van der Waals surface area (Å²) in [6.07, 6.45) is 0.244. The van der Waals surface area contributed by atoms with E-state index in [9.17, 15) is 18.0 Å². The summed E-state index contributed by atoms with van der Waals surface area (Å²) in [4.78, 5) is 30.1. The lowest BCUT2D eigenvalue weighted by Gasteiger charge is -2.35. The number of hydrogen-bond donors (Lipinski definition) is 1. The molecular weight excluding hydrogens is 598 g/mol. The quantitative estimate of drug-likeness (QED) is 0.203. The normalized spacial score (nSPS) is 12.2. The summed E-state index contributed by atoms with van der Waals surface area (Å²) in [5.74, 6) is -0.295. The summed E-state index contributed by atoms with van der Waals surface area (Å²) in [7, 11) is -2.66. The van der Waals surface area contributed by atoms with Crippen molar-refractivity contribution < 1.29 is 22.7 Å². The number of nitrogens with one attached hydrogen (secondary N) is 1. The number of sulfonamides is 1. The number of hydrogen-bond acceptors (Lipinski definition) is 5. The smallest absolute Gasteiger partial charge is 0.264 e. The maximum absolute atomic E-state index is 14.6. The molecule has 8 nitrogen and oxygen atoms in total. The summed E-state index contributed by atoms with van der Waals surface area (Å²) in [6.45, 7) is 9.09. The second kappa shape index (κ2) is 14.6. The van der Waals surface area contributed by atoms with Crippen molar-refractivity contribution in [3.63, 3.8) is 0 Å². The topological polar surface area (TPSA) is 96.0 Å². The van der Waals surface area contributed by atoms with Gasteiger partial charge in [-0.25, -0.2) is 8.42 Å². The average molecular weight is 642 g/mol. The van der Waals surface area contributed by atoms with Gasteiger partial charge in [0.05, 0.1) is 17.7 Å². The van der Waals surface area contributed by atoms with Gasteiger partial charge < -0.3 is 15.0 Å². The van der Waals surface area contributed by atoms with Gasteiger partial charge in [-0.1, -0.05) is 77.9 Å². The van der Waals surface area contributed by atoms with E-state index in [4.69, 9.17) is 4.74 Å². The first-order chi connectivity index (χ1) is 21.8. The van der Waals surface area contributed by atoms with Gasteiger partial charge in [-0.15, -0.1) is 0 Å². The molecule has 0 saturated heterocycles. The molecule has 0 aliphatic heterocycles. The SMILES string of the molecule is COc1ccc(N(CC(=O)N(Cc2ccc(C)cc2)C(Cc2ccccc2)C(=O)NC(C)(C)C)S(=O)(=O)c2ccc(C)cc2)cc1. The number of amides is 2. The first-order valence-electron chi connectivity index (χ1n) is 15.2. The lowest BCUT2D eigenvalue weighted by atomic mass is 10.0. The van der Waals surface area contributed by atoms with E-state index in [0.29, 0.717) is 11.4 Å². The second-order valence-electron chi connectivity index (χ2n) is 12.5. The van der Waals surface area contributed by atoms with Crippen LogP contribution in [-0.4, -0.2) is 50.4 Å². The number of aryl methyl sites for hydroxylation is 2. The van der Waals surface area contributed by atoms with Gasteiger partial charge >= 0.3 is 0 Å². The number of rotatable bonds is 12. The van der Waals surface area contributed by atoms with E-state index in [0.717, 1.165) is 26.6 Å². The Kier molecular flexibility index (Phi) is 10.9. The Morgan fingerprint density at radius 2 is 1.35 bits per heavy atom. The van der Waals surface area contributed by atoms with Crippen molar-refractivity contribution in [1.29, 1.82) is 0 Å². The highest BCUT2D eigenvalue weighted by Crippen LogP contribution is 2.27. The van der Waals surface area contributed by atoms with Gasteiger partial charge in [0, 0.05) is 18.5 Å². The van der Waals surface area contributed by atoms with Crippen LogP contribution in [0.5, 0.6) is 5.75 Å². The molecule has 242 valence electrons. The molecule has 4 aromatic rings. The molecule has 0 fully saturated rings. The van der Waals surface area contributed by atoms with Crippen LogP contribution in [0.15, 0.2) is 108 Å². The van der Waals surface area contributed by atoms with Gasteiger partial charge in [0.15, 0.2) is 0 Å². The third-order valence-electron chi connectivity index (χ3n) is 7.49. The van der Waals surface area contributed by atoms with Crippen molar-refractivity contribution in [2.45, 2.75) is 64.1 Å². The van der Waals surface area contributed by atoms with Gasteiger partial charge in [-0.3, -0.25) is 13.9 Å². The Labute approximate surface area is 273 Å². The number of benzene rings is 4. The highest BCUT2D eigenvalue weighted by atomic mass is 32.2. The van der Waals surface area contributed by atoms with E-state index < -0.39 is 34.1 Å². The van der Waals surface area contributed by atoms with Crippen LogP contribution >= 0.6 is 0 Å². The van der Waals surface area contributed by atoms with Gasteiger partial charge in [0.25, 0.3) is 10.0 Å². The maximum atomic E-state index is 14.6. The molecule has 0 heterocycles. The number of methoxy groups -OCH3 is 1. The first kappa shape index (κ1) is 34.2. The van der Waals surface area contributed by atoms with Crippen LogP contribution < -0.4 is 14.4 Å². The van der Waals surface area contributed by atoms with Crippen molar-refractivity contribution >= 4 is 27.5 Å². The fourth-order valence-corrected chi connectivity index (χ4v) is 6.43. The van der Waals surface area contributed by atoms with Crippen molar-refractivity contribution in [1.82, 2.24) is 10.2 Å². The summed E-state index contributed by atoms with van der Waals surface area (Å²) in [5.41, 5.74) is 3.39. The molecule has 4 rings (SSSR count). The fraction of sp³-hybridized carbons (Fsp3) is 0.297. The molecule has 0 aromatic heterocycles. The molecule has 1 N–H and O–H groups in total. The number of carbonyl (C=O) groups excluding carboxylic acids is 2. The summed E-state index contributed by atoms with van der Waals surface area (Å²) < 4.78 is 34.8. The molecule has 0 aliphatic carbocycles. The van der Waals surface area contributed by atoms with E-state index >= 15 is 0 Å². The zero-order chi connectivity index (χ0) is 33.5. The maximum Gasteiger partial charge on any atom is 0.264 e. The van der Waals surface area contributed by atoms with E-state index in [2.05, 4.69) is 5.32 Å². The predicted molar refractivity (Wildman–Crippen MR) is 182 cm³/mol.